The third-order valence-electron chi connectivity index (χ3n) is 5.79. The summed E-state index contributed by atoms with van der Waals surface area (Å²) in [6, 6.07) is 6.73. The van der Waals surface area contributed by atoms with Crippen LogP contribution in [0.1, 0.15) is 18.1 Å². The van der Waals surface area contributed by atoms with Gasteiger partial charge in [0.15, 0.2) is 0 Å². The van der Waals surface area contributed by atoms with Crippen molar-refractivity contribution in [3.63, 3.8) is 0 Å². The second kappa shape index (κ2) is 6.81. The molecule has 25 heavy (non-hydrogen) atoms. The number of nitrogens with one attached hydrogen (secondary N) is 1. The predicted octanol–water partition coefficient (Wildman–Crippen LogP) is 2.20. The van der Waals surface area contributed by atoms with Crippen LogP contribution < -0.4 is 0 Å². The van der Waals surface area contributed by atoms with Gasteiger partial charge >= 0.3 is 0 Å². The number of benzene rings is 1. The number of aromatic amines is 1. The topological polar surface area (TPSA) is 48.6 Å². The van der Waals surface area contributed by atoms with Crippen molar-refractivity contribution in [2.45, 2.75) is 26.3 Å². The molecule has 3 heterocycles. The zero-order chi connectivity index (χ0) is 17.4. The number of carbonyl (C=O) groups excluding carboxylic acids is 1. The van der Waals surface area contributed by atoms with Crippen LogP contribution in [-0.2, 0) is 16.0 Å². The molecule has 0 unspecified atom stereocenters. The average molecular weight is 341 g/mol. The number of morpholine rings is 1. The van der Waals surface area contributed by atoms with Crippen LogP contribution in [0.25, 0.3) is 10.9 Å². The monoisotopic (exact) mass is 341 g/mol. The third kappa shape index (κ3) is 3.18. The van der Waals surface area contributed by atoms with Crippen molar-refractivity contribution in [1.82, 2.24) is 14.8 Å². The van der Waals surface area contributed by atoms with E-state index < -0.39 is 0 Å². The molecule has 2 aliphatic rings. The average Bonchev–Trinajstić information content (AvgIpc) is 3.21. The summed E-state index contributed by atoms with van der Waals surface area (Å²) in [6.07, 6.45) is 2.47. The normalized spacial score (nSPS) is 25.0. The van der Waals surface area contributed by atoms with Gasteiger partial charge < -0.3 is 14.6 Å². The lowest BCUT2D eigenvalue weighted by atomic mass is 10.0. The van der Waals surface area contributed by atoms with Crippen molar-refractivity contribution >= 4 is 16.8 Å². The Kier molecular flexibility index (Phi) is 4.52. The zero-order valence-electron chi connectivity index (χ0n) is 15.1. The van der Waals surface area contributed by atoms with Gasteiger partial charge in [-0.2, -0.15) is 0 Å². The van der Waals surface area contributed by atoms with E-state index in [1.807, 2.05) is 6.20 Å². The third-order valence-corrected chi connectivity index (χ3v) is 5.79. The lowest BCUT2D eigenvalue weighted by molar-refractivity contribution is -0.129. The molecule has 2 aliphatic heterocycles. The van der Waals surface area contributed by atoms with E-state index in [4.69, 9.17) is 4.74 Å². The molecule has 1 aromatic heterocycles. The largest absolute Gasteiger partial charge is 0.379 e. The molecule has 5 nitrogen and oxygen atoms in total. The number of hydrogen-bond acceptors (Lipinski definition) is 3. The number of likely N-dealkylation sites (tertiary alicyclic amines) is 1. The van der Waals surface area contributed by atoms with Gasteiger partial charge in [0.1, 0.15) is 0 Å². The smallest absolute Gasteiger partial charge is 0.227 e. The highest BCUT2D eigenvalue weighted by atomic mass is 16.5. The summed E-state index contributed by atoms with van der Waals surface area (Å²) in [4.78, 5) is 20.8. The second-order valence-corrected chi connectivity index (χ2v) is 7.48. The number of fused-ring (bicyclic) bond motifs is 1. The first-order valence-electron chi connectivity index (χ1n) is 9.28. The number of ether oxygens (including phenoxy) is 1. The Morgan fingerprint density at radius 2 is 2.08 bits per heavy atom. The lowest BCUT2D eigenvalue weighted by Gasteiger charge is -2.34. The number of aryl methyl sites for hydroxylation is 1. The van der Waals surface area contributed by atoms with Gasteiger partial charge in [-0.25, -0.2) is 0 Å². The molecule has 134 valence electrons. The summed E-state index contributed by atoms with van der Waals surface area (Å²) in [5.74, 6) is 0.761. The SMILES string of the molecule is Cc1cccc2c(CC(=O)N3C[C@@H](C)[C@H](N4CCOCC4)C3)c[nH]c12. The maximum Gasteiger partial charge on any atom is 0.227 e. The number of rotatable bonds is 3. The van der Waals surface area contributed by atoms with Crippen LogP contribution in [0.3, 0.4) is 0 Å². The van der Waals surface area contributed by atoms with Crippen molar-refractivity contribution in [3.05, 3.63) is 35.5 Å². The van der Waals surface area contributed by atoms with Crippen molar-refractivity contribution in [3.8, 4) is 0 Å². The van der Waals surface area contributed by atoms with E-state index in [2.05, 4.69) is 46.8 Å². The Balaban J connectivity index is 1.45. The maximum atomic E-state index is 12.9. The van der Waals surface area contributed by atoms with Gasteiger partial charge in [0.2, 0.25) is 5.91 Å². The van der Waals surface area contributed by atoms with E-state index in [0.29, 0.717) is 18.4 Å². The van der Waals surface area contributed by atoms with Crippen molar-refractivity contribution in [2.75, 3.05) is 39.4 Å². The Labute approximate surface area is 148 Å². The lowest BCUT2D eigenvalue weighted by Crippen LogP contribution is -2.47. The maximum absolute atomic E-state index is 12.9. The highest BCUT2D eigenvalue weighted by Crippen LogP contribution is 2.25. The molecule has 2 aromatic rings. The van der Waals surface area contributed by atoms with Gasteiger partial charge in [-0.15, -0.1) is 0 Å². The fourth-order valence-corrected chi connectivity index (χ4v) is 4.32. The molecule has 5 heteroatoms. The molecule has 2 saturated heterocycles. The standard InChI is InChI=1S/C20H27N3O2/c1-14-4-3-5-17-16(11-21-20(14)17)10-19(24)23-12-15(2)18(13-23)22-6-8-25-9-7-22/h3-5,11,15,18,21H,6-10,12-13H2,1-2H3/t15-,18-/m1/s1. The summed E-state index contributed by atoms with van der Waals surface area (Å²) < 4.78 is 5.46. The molecule has 0 bridgehead atoms. The quantitative estimate of drug-likeness (QED) is 0.931. The Bertz CT molecular complexity index is 763. The summed E-state index contributed by atoms with van der Waals surface area (Å²) in [6.45, 7) is 9.67. The van der Waals surface area contributed by atoms with E-state index in [0.717, 1.165) is 50.5 Å². The minimum atomic E-state index is 0.241. The molecule has 0 radical (unpaired) electrons. The number of H-pyrrole nitrogens is 1. The summed E-state index contributed by atoms with van der Waals surface area (Å²) in [5.41, 5.74) is 3.47. The Morgan fingerprint density at radius 1 is 1.28 bits per heavy atom. The summed E-state index contributed by atoms with van der Waals surface area (Å²) in [7, 11) is 0. The highest BCUT2D eigenvalue weighted by Gasteiger charge is 2.36. The van der Waals surface area contributed by atoms with Crippen LogP contribution in [0.15, 0.2) is 24.4 Å². The van der Waals surface area contributed by atoms with Crippen LogP contribution in [0.2, 0.25) is 0 Å². The molecule has 0 spiro atoms. The Morgan fingerprint density at radius 3 is 2.88 bits per heavy atom. The van der Waals surface area contributed by atoms with Gasteiger partial charge in [-0.3, -0.25) is 9.69 Å². The van der Waals surface area contributed by atoms with Crippen LogP contribution in [0.5, 0.6) is 0 Å². The zero-order valence-corrected chi connectivity index (χ0v) is 15.1. The van der Waals surface area contributed by atoms with Gasteiger partial charge in [0, 0.05) is 49.3 Å². The fourth-order valence-electron chi connectivity index (χ4n) is 4.32. The van der Waals surface area contributed by atoms with E-state index >= 15 is 0 Å². The summed E-state index contributed by atoms with van der Waals surface area (Å²) in [5, 5.41) is 1.17. The molecule has 1 N–H and O–H groups in total. The number of carbonyl (C=O) groups is 1. The molecule has 0 saturated carbocycles. The van der Waals surface area contributed by atoms with Gasteiger partial charge in [-0.1, -0.05) is 25.1 Å². The van der Waals surface area contributed by atoms with Gasteiger partial charge in [0.05, 0.1) is 19.6 Å². The number of nitrogens with zero attached hydrogens (tertiary/aromatic N) is 2. The van der Waals surface area contributed by atoms with E-state index in [-0.39, 0.29) is 5.91 Å². The minimum Gasteiger partial charge on any atom is -0.379 e. The van der Waals surface area contributed by atoms with Crippen LogP contribution in [0.4, 0.5) is 0 Å². The fraction of sp³-hybridized carbons (Fsp3) is 0.550. The first-order valence-corrected chi connectivity index (χ1v) is 9.28. The molecule has 4 rings (SSSR count). The van der Waals surface area contributed by atoms with Gasteiger partial charge in [0.25, 0.3) is 0 Å². The van der Waals surface area contributed by atoms with Crippen LogP contribution >= 0.6 is 0 Å². The second-order valence-electron chi connectivity index (χ2n) is 7.48. The van der Waals surface area contributed by atoms with Crippen molar-refractivity contribution in [2.24, 2.45) is 5.92 Å². The molecule has 1 aromatic carbocycles. The van der Waals surface area contributed by atoms with Gasteiger partial charge in [-0.05, 0) is 24.0 Å². The predicted molar refractivity (Wildman–Crippen MR) is 98.7 cm³/mol. The highest BCUT2D eigenvalue weighted by molar-refractivity contribution is 5.90. The first kappa shape index (κ1) is 16.6. The molecule has 0 aliphatic carbocycles. The summed E-state index contributed by atoms with van der Waals surface area (Å²) >= 11 is 0. The molecule has 2 atom stereocenters. The minimum absolute atomic E-state index is 0.241. The van der Waals surface area contributed by atoms with Crippen molar-refractivity contribution in [1.29, 1.82) is 0 Å². The number of amides is 1. The van der Waals surface area contributed by atoms with Crippen LogP contribution in [-0.4, -0.2) is 66.1 Å². The Hall–Kier alpha value is -1.85. The molecule has 1 amide bonds. The number of aromatic nitrogens is 1. The van der Waals surface area contributed by atoms with E-state index in [9.17, 15) is 4.79 Å². The van der Waals surface area contributed by atoms with E-state index in [1.54, 1.807) is 0 Å². The van der Waals surface area contributed by atoms with Crippen LogP contribution in [0, 0.1) is 12.8 Å². The van der Waals surface area contributed by atoms with Crippen molar-refractivity contribution < 1.29 is 9.53 Å². The molecular weight excluding hydrogens is 314 g/mol. The first-order chi connectivity index (χ1) is 12.1. The number of hydrogen-bond donors (Lipinski definition) is 1. The van der Waals surface area contributed by atoms with E-state index in [1.165, 1.54) is 10.9 Å². The molecular formula is C20H27N3O2. The molecule has 2 fully saturated rings. The number of para-hydroxylation sites is 1.